The summed E-state index contributed by atoms with van der Waals surface area (Å²) in [6, 6.07) is 18.2. The Balaban J connectivity index is 1.21. The maximum atomic E-state index is 13.1. The van der Waals surface area contributed by atoms with Crippen LogP contribution >= 0.6 is 0 Å². The van der Waals surface area contributed by atoms with Crippen LogP contribution in [0.2, 0.25) is 0 Å². The molecule has 0 bridgehead atoms. The van der Waals surface area contributed by atoms with Gasteiger partial charge < -0.3 is 19.9 Å². The van der Waals surface area contributed by atoms with Crippen molar-refractivity contribution in [3.63, 3.8) is 0 Å². The number of hydrogen-bond acceptors (Lipinski definition) is 6. The van der Waals surface area contributed by atoms with Gasteiger partial charge in [-0.15, -0.1) is 0 Å². The van der Waals surface area contributed by atoms with Gasteiger partial charge in [-0.05, 0) is 50.5 Å². The first-order chi connectivity index (χ1) is 16.0. The third kappa shape index (κ3) is 4.77. The van der Waals surface area contributed by atoms with Crippen LogP contribution in [0.25, 0.3) is 0 Å². The summed E-state index contributed by atoms with van der Waals surface area (Å²) in [4.78, 5) is 26.5. The summed E-state index contributed by atoms with van der Waals surface area (Å²) in [5.41, 5.74) is 4.30. The smallest absolute Gasteiger partial charge is 0.263 e. The second-order valence-electron chi connectivity index (χ2n) is 8.75. The van der Waals surface area contributed by atoms with E-state index in [9.17, 15) is 4.79 Å². The number of nitrogens with one attached hydrogen (secondary N) is 1. The quantitative estimate of drug-likeness (QED) is 0.660. The van der Waals surface area contributed by atoms with Gasteiger partial charge in [-0.25, -0.2) is 4.98 Å². The highest BCUT2D eigenvalue weighted by Crippen LogP contribution is 2.28. The number of fused-ring (bicyclic) bond motifs is 1. The van der Waals surface area contributed by atoms with E-state index in [1.54, 1.807) is 0 Å². The molecule has 170 valence electrons. The molecule has 2 aliphatic heterocycles. The summed E-state index contributed by atoms with van der Waals surface area (Å²) in [7, 11) is 0. The molecule has 1 saturated heterocycles. The van der Waals surface area contributed by atoms with E-state index in [-0.39, 0.29) is 5.91 Å². The molecule has 1 N–H and O–H groups in total. The minimum atomic E-state index is -0.396. The monoisotopic (exact) mass is 443 g/mol. The van der Waals surface area contributed by atoms with E-state index in [0.717, 1.165) is 35.8 Å². The van der Waals surface area contributed by atoms with Gasteiger partial charge in [0.2, 0.25) is 5.95 Å². The zero-order valence-electron chi connectivity index (χ0n) is 19.1. The summed E-state index contributed by atoms with van der Waals surface area (Å²) in [5, 5.41) is 3.37. The van der Waals surface area contributed by atoms with E-state index >= 15 is 0 Å². The van der Waals surface area contributed by atoms with Gasteiger partial charge in [-0.1, -0.05) is 35.9 Å². The Labute approximate surface area is 194 Å². The molecule has 3 heterocycles. The number of rotatable bonds is 4. The zero-order valence-corrected chi connectivity index (χ0v) is 19.1. The van der Waals surface area contributed by atoms with Crippen molar-refractivity contribution < 1.29 is 9.53 Å². The van der Waals surface area contributed by atoms with Crippen LogP contribution in [-0.4, -0.2) is 53.1 Å². The lowest BCUT2D eigenvalue weighted by atomic mass is 10.0. The summed E-state index contributed by atoms with van der Waals surface area (Å²) < 4.78 is 6.02. The van der Waals surface area contributed by atoms with Crippen molar-refractivity contribution in [2.45, 2.75) is 32.8 Å². The summed E-state index contributed by atoms with van der Waals surface area (Å²) >= 11 is 0. The van der Waals surface area contributed by atoms with E-state index in [1.807, 2.05) is 48.2 Å². The van der Waals surface area contributed by atoms with Crippen molar-refractivity contribution in [1.29, 1.82) is 0 Å². The number of piperazine rings is 1. The van der Waals surface area contributed by atoms with Crippen molar-refractivity contribution in [2.24, 2.45) is 0 Å². The largest absolute Gasteiger partial charge is 0.480 e. The van der Waals surface area contributed by atoms with Crippen LogP contribution in [0.5, 0.6) is 5.75 Å². The van der Waals surface area contributed by atoms with Crippen LogP contribution in [0.3, 0.4) is 0 Å². The molecule has 0 spiro atoms. The molecule has 5 rings (SSSR count). The lowest BCUT2D eigenvalue weighted by Crippen LogP contribution is -2.53. The highest BCUT2D eigenvalue weighted by atomic mass is 16.5. The molecule has 1 amide bonds. The molecule has 0 radical (unpaired) electrons. The van der Waals surface area contributed by atoms with Gasteiger partial charge in [0, 0.05) is 43.6 Å². The highest BCUT2D eigenvalue weighted by molar-refractivity contribution is 5.82. The molecule has 7 nitrogen and oxygen atoms in total. The van der Waals surface area contributed by atoms with Crippen LogP contribution < -0.4 is 15.0 Å². The predicted octanol–water partition coefficient (Wildman–Crippen LogP) is 3.88. The molecule has 1 atom stereocenters. The molecule has 1 aromatic heterocycles. The Kier molecular flexibility index (Phi) is 5.86. The fraction of sp³-hybridized carbons (Fsp3) is 0.346. The second-order valence-corrected chi connectivity index (χ2v) is 8.75. The van der Waals surface area contributed by atoms with Gasteiger partial charge in [0.15, 0.2) is 6.10 Å². The number of carbonyl (C=O) groups is 1. The van der Waals surface area contributed by atoms with Gasteiger partial charge in [0.25, 0.3) is 5.91 Å². The number of nitrogens with zero attached hydrogens (tertiary/aromatic N) is 4. The summed E-state index contributed by atoms with van der Waals surface area (Å²) in [5.74, 6) is 2.38. The second kappa shape index (κ2) is 9.10. The fourth-order valence-corrected chi connectivity index (χ4v) is 4.37. The molecule has 2 aliphatic rings. The first-order valence-corrected chi connectivity index (χ1v) is 11.5. The van der Waals surface area contributed by atoms with Gasteiger partial charge in [0.1, 0.15) is 11.6 Å². The van der Waals surface area contributed by atoms with E-state index < -0.39 is 6.10 Å². The Morgan fingerprint density at radius 1 is 1.00 bits per heavy atom. The Morgan fingerprint density at radius 3 is 2.55 bits per heavy atom. The number of hydrogen-bond donors (Lipinski definition) is 1. The topological polar surface area (TPSA) is 70.6 Å². The first kappa shape index (κ1) is 21.2. The van der Waals surface area contributed by atoms with Crippen molar-refractivity contribution >= 4 is 23.4 Å². The molecule has 1 fully saturated rings. The molecule has 1 unspecified atom stereocenters. The minimum Gasteiger partial charge on any atom is -0.480 e. The molecule has 3 aromatic rings. The van der Waals surface area contributed by atoms with Crippen LogP contribution in [0.4, 0.5) is 17.5 Å². The molecule has 0 aliphatic carbocycles. The minimum absolute atomic E-state index is 0.0797. The van der Waals surface area contributed by atoms with Crippen molar-refractivity contribution in [3.05, 3.63) is 71.4 Å². The normalized spacial score (nSPS) is 17.8. The number of anilines is 3. The standard InChI is InChI=1S/C26H29N5O2/c1-18-7-10-21(11-8-18)28-24-17-19(2)27-26(29-24)31-15-13-30(14-16-31)25(32)23-12-9-20-5-3-4-6-22(20)33-23/h3-8,10-11,17,23H,9,12-16H2,1-2H3,(H,27,28,29). The van der Waals surface area contributed by atoms with E-state index in [0.29, 0.717) is 32.1 Å². The van der Waals surface area contributed by atoms with Crippen molar-refractivity contribution in [3.8, 4) is 5.75 Å². The lowest BCUT2D eigenvalue weighted by Gasteiger charge is -2.37. The van der Waals surface area contributed by atoms with E-state index in [4.69, 9.17) is 9.72 Å². The number of carbonyl (C=O) groups excluding carboxylic acids is 1. The number of ether oxygens (including phenoxy) is 1. The lowest BCUT2D eigenvalue weighted by molar-refractivity contribution is -0.139. The number of amides is 1. The SMILES string of the molecule is Cc1ccc(Nc2cc(C)nc(N3CCN(C(=O)C4CCc5ccccc5O4)CC3)n2)cc1. The maximum Gasteiger partial charge on any atom is 0.263 e. The molecular weight excluding hydrogens is 414 g/mol. The van der Waals surface area contributed by atoms with Gasteiger partial charge in [0.05, 0.1) is 0 Å². The van der Waals surface area contributed by atoms with E-state index in [2.05, 4.69) is 40.3 Å². The Morgan fingerprint density at radius 2 is 1.76 bits per heavy atom. The van der Waals surface area contributed by atoms with Gasteiger partial charge in [-0.2, -0.15) is 4.98 Å². The van der Waals surface area contributed by atoms with Crippen LogP contribution in [0.15, 0.2) is 54.6 Å². The van der Waals surface area contributed by atoms with Crippen molar-refractivity contribution in [1.82, 2.24) is 14.9 Å². The molecular formula is C26H29N5O2. The van der Waals surface area contributed by atoms with Crippen molar-refractivity contribution in [2.75, 3.05) is 36.4 Å². The van der Waals surface area contributed by atoms with Crippen LogP contribution in [0, 0.1) is 13.8 Å². The zero-order chi connectivity index (χ0) is 22.8. The fourth-order valence-electron chi connectivity index (χ4n) is 4.37. The molecule has 0 saturated carbocycles. The first-order valence-electron chi connectivity index (χ1n) is 11.5. The summed E-state index contributed by atoms with van der Waals surface area (Å²) in [6.45, 7) is 6.71. The molecule has 7 heteroatoms. The van der Waals surface area contributed by atoms with Crippen LogP contribution in [0.1, 0.15) is 23.2 Å². The number of aromatic nitrogens is 2. The molecule has 33 heavy (non-hydrogen) atoms. The number of benzene rings is 2. The Bertz CT molecular complexity index is 1140. The number of aryl methyl sites for hydroxylation is 3. The molecule has 2 aromatic carbocycles. The van der Waals surface area contributed by atoms with Crippen LogP contribution in [-0.2, 0) is 11.2 Å². The van der Waals surface area contributed by atoms with E-state index in [1.165, 1.54) is 11.1 Å². The highest BCUT2D eigenvalue weighted by Gasteiger charge is 2.32. The van der Waals surface area contributed by atoms with Gasteiger partial charge in [-0.3, -0.25) is 4.79 Å². The summed E-state index contributed by atoms with van der Waals surface area (Å²) in [6.07, 6.45) is 1.21. The number of para-hydroxylation sites is 1. The average Bonchev–Trinajstić information content (AvgIpc) is 2.84. The average molecular weight is 444 g/mol. The Hall–Kier alpha value is -3.61. The maximum absolute atomic E-state index is 13.1. The predicted molar refractivity (Wildman–Crippen MR) is 129 cm³/mol. The van der Waals surface area contributed by atoms with Gasteiger partial charge >= 0.3 is 0 Å². The third-order valence-electron chi connectivity index (χ3n) is 6.23. The third-order valence-corrected chi connectivity index (χ3v) is 6.23.